The molecule has 0 aromatic heterocycles. The Morgan fingerprint density at radius 3 is 2.16 bits per heavy atom. The molecule has 146 valence electrons. The molecule has 8 nitrogen and oxygen atoms in total. The SMILES string of the molecule is CCC(=O)C(N)CCCCNC(=O)CCCNC(=O)C(C)C.O=CO. The lowest BCUT2D eigenvalue weighted by molar-refractivity contribution is -0.124. The summed E-state index contributed by atoms with van der Waals surface area (Å²) in [6.45, 7) is 6.36. The summed E-state index contributed by atoms with van der Waals surface area (Å²) in [7, 11) is 0. The first-order valence-corrected chi connectivity index (χ1v) is 8.70. The Hall–Kier alpha value is -1.96. The number of Topliss-reactive ketones (excluding diaryl/α,β-unsaturated/α-hetero) is 1. The van der Waals surface area contributed by atoms with Crippen LogP contribution in [0.4, 0.5) is 0 Å². The minimum Gasteiger partial charge on any atom is -0.483 e. The van der Waals surface area contributed by atoms with Crippen LogP contribution in [0.5, 0.6) is 0 Å². The van der Waals surface area contributed by atoms with Crippen molar-refractivity contribution in [1.82, 2.24) is 10.6 Å². The van der Waals surface area contributed by atoms with E-state index in [-0.39, 0.29) is 36.0 Å². The van der Waals surface area contributed by atoms with E-state index in [1.807, 2.05) is 20.8 Å². The van der Waals surface area contributed by atoms with Gasteiger partial charge in [0, 0.05) is 31.8 Å². The zero-order valence-electron chi connectivity index (χ0n) is 15.5. The van der Waals surface area contributed by atoms with Crippen LogP contribution in [0.3, 0.4) is 0 Å². The highest BCUT2D eigenvalue weighted by Crippen LogP contribution is 2.01. The maximum atomic E-state index is 11.6. The Morgan fingerprint density at radius 1 is 1.08 bits per heavy atom. The van der Waals surface area contributed by atoms with Gasteiger partial charge in [0.2, 0.25) is 11.8 Å². The second-order valence-corrected chi connectivity index (χ2v) is 5.93. The van der Waals surface area contributed by atoms with Crippen LogP contribution in [0.15, 0.2) is 0 Å². The van der Waals surface area contributed by atoms with E-state index in [0.29, 0.717) is 38.8 Å². The number of amides is 2. The van der Waals surface area contributed by atoms with E-state index >= 15 is 0 Å². The molecule has 0 fully saturated rings. The predicted octanol–water partition coefficient (Wildman–Crippen LogP) is 0.833. The number of rotatable bonds is 12. The largest absolute Gasteiger partial charge is 0.483 e. The molecule has 25 heavy (non-hydrogen) atoms. The van der Waals surface area contributed by atoms with Crippen molar-refractivity contribution in [1.29, 1.82) is 0 Å². The fourth-order valence-corrected chi connectivity index (χ4v) is 1.89. The van der Waals surface area contributed by atoms with Crippen LogP contribution in [0, 0.1) is 5.92 Å². The molecule has 0 aromatic carbocycles. The van der Waals surface area contributed by atoms with Crippen molar-refractivity contribution in [2.24, 2.45) is 11.7 Å². The molecule has 0 bridgehead atoms. The third-order valence-electron chi connectivity index (χ3n) is 3.43. The zero-order valence-corrected chi connectivity index (χ0v) is 15.5. The van der Waals surface area contributed by atoms with Crippen molar-refractivity contribution in [3.05, 3.63) is 0 Å². The van der Waals surface area contributed by atoms with Crippen LogP contribution in [-0.2, 0) is 19.2 Å². The molecule has 0 heterocycles. The normalized spacial score (nSPS) is 11.1. The van der Waals surface area contributed by atoms with Gasteiger partial charge in [-0.25, -0.2) is 0 Å². The number of carboxylic acid groups (broad SMARTS) is 1. The number of ketones is 1. The molecule has 0 aromatic rings. The van der Waals surface area contributed by atoms with Gasteiger partial charge in [0.25, 0.3) is 6.47 Å². The third kappa shape index (κ3) is 16.7. The molecule has 0 saturated heterocycles. The van der Waals surface area contributed by atoms with Crippen LogP contribution < -0.4 is 16.4 Å². The first-order valence-electron chi connectivity index (χ1n) is 8.70. The second kappa shape index (κ2) is 16.9. The summed E-state index contributed by atoms with van der Waals surface area (Å²) in [5.74, 6) is 0.0679. The molecule has 5 N–H and O–H groups in total. The smallest absolute Gasteiger partial charge is 0.290 e. The van der Waals surface area contributed by atoms with Crippen molar-refractivity contribution >= 4 is 24.1 Å². The monoisotopic (exact) mass is 359 g/mol. The number of nitrogens with one attached hydrogen (secondary N) is 2. The Labute approximate surface area is 149 Å². The summed E-state index contributed by atoms with van der Waals surface area (Å²) >= 11 is 0. The number of carbonyl (C=O) groups excluding carboxylic acids is 3. The first kappa shape index (κ1) is 25.3. The van der Waals surface area contributed by atoms with E-state index in [4.69, 9.17) is 15.6 Å². The van der Waals surface area contributed by atoms with Crippen molar-refractivity contribution < 1.29 is 24.3 Å². The molecule has 2 amide bonds. The van der Waals surface area contributed by atoms with Gasteiger partial charge >= 0.3 is 0 Å². The van der Waals surface area contributed by atoms with Crippen molar-refractivity contribution in [3.8, 4) is 0 Å². The topological polar surface area (TPSA) is 139 Å². The van der Waals surface area contributed by atoms with Crippen molar-refractivity contribution in [3.63, 3.8) is 0 Å². The third-order valence-corrected chi connectivity index (χ3v) is 3.43. The Balaban J connectivity index is 0. The minimum absolute atomic E-state index is 0.00673. The summed E-state index contributed by atoms with van der Waals surface area (Å²) < 4.78 is 0. The fraction of sp³-hybridized carbons (Fsp3) is 0.765. The van der Waals surface area contributed by atoms with Crippen molar-refractivity contribution in [2.75, 3.05) is 13.1 Å². The van der Waals surface area contributed by atoms with Crippen molar-refractivity contribution in [2.45, 2.75) is 65.3 Å². The summed E-state index contributed by atoms with van der Waals surface area (Å²) in [5.41, 5.74) is 5.73. The number of hydrogen-bond donors (Lipinski definition) is 4. The molecule has 0 aliphatic heterocycles. The first-order chi connectivity index (χ1) is 11.8. The lowest BCUT2D eigenvalue weighted by Crippen LogP contribution is -2.31. The molecule has 0 saturated carbocycles. The molecule has 0 radical (unpaired) electrons. The number of hydrogen-bond acceptors (Lipinski definition) is 5. The van der Waals surface area contributed by atoms with Gasteiger partial charge in [-0.15, -0.1) is 0 Å². The van der Waals surface area contributed by atoms with Gasteiger partial charge in [-0.1, -0.05) is 20.8 Å². The highest BCUT2D eigenvalue weighted by Gasteiger charge is 2.10. The van der Waals surface area contributed by atoms with Gasteiger partial charge in [-0.2, -0.15) is 0 Å². The molecule has 0 rings (SSSR count). The lowest BCUT2D eigenvalue weighted by Gasteiger charge is -2.10. The molecule has 0 aliphatic rings. The maximum absolute atomic E-state index is 11.6. The molecule has 0 aliphatic carbocycles. The van der Waals surface area contributed by atoms with Crippen LogP contribution in [-0.4, -0.2) is 48.3 Å². The van der Waals surface area contributed by atoms with Gasteiger partial charge in [-0.3, -0.25) is 19.2 Å². The quantitative estimate of drug-likeness (QED) is 0.301. The van der Waals surface area contributed by atoms with Crippen LogP contribution >= 0.6 is 0 Å². The van der Waals surface area contributed by atoms with E-state index < -0.39 is 0 Å². The van der Waals surface area contributed by atoms with E-state index in [0.717, 1.165) is 12.8 Å². The number of unbranched alkanes of at least 4 members (excludes halogenated alkanes) is 1. The zero-order chi connectivity index (χ0) is 19.7. The average molecular weight is 359 g/mol. The van der Waals surface area contributed by atoms with E-state index in [1.54, 1.807) is 0 Å². The lowest BCUT2D eigenvalue weighted by atomic mass is 10.0. The molecule has 0 spiro atoms. The van der Waals surface area contributed by atoms with E-state index in [1.165, 1.54) is 0 Å². The second-order valence-electron chi connectivity index (χ2n) is 5.93. The van der Waals surface area contributed by atoms with Gasteiger partial charge in [0.15, 0.2) is 0 Å². The van der Waals surface area contributed by atoms with Gasteiger partial charge < -0.3 is 21.5 Å². The van der Waals surface area contributed by atoms with Crippen LogP contribution in [0.25, 0.3) is 0 Å². The molecule has 8 heteroatoms. The molecule has 1 atom stereocenters. The number of nitrogens with two attached hydrogens (primary N) is 1. The maximum Gasteiger partial charge on any atom is 0.290 e. The molecular formula is C17H33N3O5. The van der Waals surface area contributed by atoms with Gasteiger partial charge in [0.05, 0.1) is 6.04 Å². The fourth-order valence-electron chi connectivity index (χ4n) is 1.89. The van der Waals surface area contributed by atoms with Crippen LogP contribution in [0.2, 0.25) is 0 Å². The highest BCUT2D eigenvalue weighted by molar-refractivity contribution is 5.83. The van der Waals surface area contributed by atoms with Gasteiger partial charge in [-0.05, 0) is 25.7 Å². The Bertz CT molecular complexity index is 400. The molecular weight excluding hydrogens is 326 g/mol. The number of carbonyl (C=O) groups is 4. The van der Waals surface area contributed by atoms with E-state index in [2.05, 4.69) is 10.6 Å². The summed E-state index contributed by atoms with van der Waals surface area (Å²) in [4.78, 5) is 42.5. The standard InChI is InChI=1S/C16H31N3O3.CH2O2/c1-4-14(20)13(17)8-5-6-10-18-15(21)9-7-11-19-16(22)12(2)3;2-1-3/h12-13H,4-11,17H2,1-3H3,(H,18,21)(H,19,22);1H,(H,2,3). The Morgan fingerprint density at radius 2 is 1.64 bits per heavy atom. The summed E-state index contributed by atoms with van der Waals surface area (Å²) in [5, 5.41) is 12.5. The average Bonchev–Trinajstić information content (AvgIpc) is 2.57. The minimum atomic E-state index is -0.370. The summed E-state index contributed by atoms with van der Waals surface area (Å²) in [6, 6.07) is -0.370. The van der Waals surface area contributed by atoms with Crippen LogP contribution in [0.1, 0.15) is 59.3 Å². The van der Waals surface area contributed by atoms with E-state index in [9.17, 15) is 14.4 Å². The Kier molecular flexibility index (Phi) is 17.1. The summed E-state index contributed by atoms with van der Waals surface area (Å²) in [6.07, 6.45) is 3.85. The van der Waals surface area contributed by atoms with Gasteiger partial charge in [0.1, 0.15) is 5.78 Å². The highest BCUT2D eigenvalue weighted by atomic mass is 16.3. The predicted molar refractivity (Wildman–Crippen MR) is 95.9 cm³/mol. The molecule has 1 unspecified atom stereocenters.